The standard InChI is InChI=1S/C23H21NO/c1-16(2)20-14-22(25)17(3)21(15-24)23(20,18-10-6-4-7-11-18)19-12-8-5-9-13-19/h4-13,20H,1,14H2,2-3H3. The lowest BCUT2D eigenvalue weighted by Crippen LogP contribution is -2.44. The van der Waals surface area contributed by atoms with Crippen molar-refractivity contribution in [3.05, 3.63) is 95.1 Å². The minimum atomic E-state index is -0.679. The van der Waals surface area contributed by atoms with Crippen LogP contribution in [0.4, 0.5) is 0 Å². The SMILES string of the molecule is C=C(C)C1CC(=O)C(C)=C(C#N)C1(c1ccccc1)c1ccccc1. The summed E-state index contributed by atoms with van der Waals surface area (Å²) >= 11 is 0. The second-order valence-corrected chi connectivity index (χ2v) is 6.68. The lowest BCUT2D eigenvalue weighted by molar-refractivity contribution is -0.117. The van der Waals surface area contributed by atoms with Crippen molar-refractivity contribution in [3.63, 3.8) is 0 Å². The maximum absolute atomic E-state index is 12.6. The third-order valence-corrected chi connectivity index (χ3v) is 5.26. The van der Waals surface area contributed by atoms with Gasteiger partial charge in [0.25, 0.3) is 0 Å². The first-order chi connectivity index (χ1) is 12.0. The Labute approximate surface area is 149 Å². The van der Waals surface area contributed by atoms with Crippen molar-refractivity contribution >= 4 is 5.78 Å². The van der Waals surface area contributed by atoms with E-state index in [1.165, 1.54) is 0 Å². The van der Waals surface area contributed by atoms with Crippen LogP contribution in [0.15, 0.2) is 84.0 Å². The Kier molecular flexibility index (Phi) is 4.42. The van der Waals surface area contributed by atoms with Gasteiger partial charge in [0.05, 0.1) is 17.1 Å². The average molecular weight is 327 g/mol. The lowest BCUT2D eigenvalue weighted by atomic mass is 9.55. The predicted molar refractivity (Wildman–Crippen MR) is 99.9 cm³/mol. The van der Waals surface area contributed by atoms with Crippen molar-refractivity contribution < 1.29 is 4.79 Å². The van der Waals surface area contributed by atoms with Crippen molar-refractivity contribution in [2.75, 3.05) is 0 Å². The van der Waals surface area contributed by atoms with Gasteiger partial charge in [-0.2, -0.15) is 5.26 Å². The van der Waals surface area contributed by atoms with Crippen molar-refractivity contribution in [1.82, 2.24) is 0 Å². The van der Waals surface area contributed by atoms with E-state index >= 15 is 0 Å². The third kappa shape index (κ3) is 2.53. The van der Waals surface area contributed by atoms with E-state index in [2.05, 4.69) is 12.6 Å². The Bertz CT molecular complexity index is 845. The number of Topliss-reactive ketones (excluding diaryl/α,β-unsaturated/α-hetero) is 1. The number of ketones is 1. The van der Waals surface area contributed by atoms with Crippen LogP contribution in [0, 0.1) is 17.2 Å². The van der Waals surface area contributed by atoms with E-state index < -0.39 is 5.41 Å². The summed E-state index contributed by atoms with van der Waals surface area (Å²) in [5.74, 6) is -0.116. The van der Waals surface area contributed by atoms with Crippen LogP contribution in [0.3, 0.4) is 0 Å². The van der Waals surface area contributed by atoms with Crippen molar-refractivity contribution in [2.24, 2.45) is 5.92 Å². The molecule has 0 bridgehead atoms. The number of benzene rings is 2. The second-order valence-electron chi connectivity index (χ2n) is 6.68. The predicted octanol–water partition coefficient (Wildman–Crippen LogP) is 4.98. The van der Waals surface area contributed by atoms with E-state index in [0.717, 1.165) is 16.7 Å². The Hall–Kier alpha value is -2.92. The van der Waals surface area contributed by atoms with Crippen molar-refractivity contribution in [2.45, 2.75) is 25.7 Å². The van der Waals surface area contributed by atoms with E-state index in [-0.39, 0.29) is 11.7 Å². The van der Waals surface area contributed by atoms with Crippen LogP contribution < -0.4 is 0 Å². The quantitative estimate of drug-likeness (QED) is 0.746. The fourth-order valence-corrected chi connectivity index (χ4v) is 4.08. The molecule has 0 saturated carbocycles. The van der Waals surface area contributed by atoms with Crippen LogP contribution in [-0.2, 0) is 10.2 Å². The molecule has 0 aliphatic heterocycles. The topological polar surface area (TPSA) is 40.9 Å². The van der Waals surface area contributed by atoms with Gasteiger partial charge in [-0.3, -0.25) is 4.79 Å². The van der Waals surface area contributed by atoms with Gasteiger partial charge in [0.1, 0.15) is 0 Å². The Morgan fingerprint density at radius 2 is 1.56 bits per heavy atom. The van der Waals surface area contributed by atoms with Gasteiger partial charge in [0, 0.05) is 17.9 Å². The van der Waals surface area contributed by atoms with Gasteiger partial charge in [-0.25, -0.2) is 0 Å². The van der Waals surface area contributed by atoms with Gasteiger partial charge in [-0.05, 0) is 25.0 Å². The van der Waals surface area contributed by atoms with Gasteiger partial charge in [-0.1, -0.05) is 72.8 Å². The molecule has 2 aromatic carbocycles. The van der Waals surface area contributed by atoms with E-state index in [4.69, 9.17) is 0 Å². The van der Waals surface area contributed by atoms with Crippen LogP contribution in [0.2, 0.25) is 0 Å². The molecule has 1 atom stereocenters. The summed E-state index contributed by atoms with van der Waals surface area (Å²) in [5, 5.41) is 10.0. The molecule has 0 aromatic heterocycles. The third-order valence-electron chi connectivity index (χ3n) is 5.26. The molecule has 0 fully saturated rings. The lowest BCUT2D eigenvalue weighted by Gasteiger charge is -2.45. The van der Waals surface area contributed by atoms with Crippen LogP contribution in [0.5, 0.6) is 0 Å². The number of rotatable bonds is 3. The molecular weight excluding hydrogens is 306 g/mol. The van der Waals surface area contributed by atoms with Gasteiger partial charge >= 0.3 is 0 Å². The molecule has 0 amide bonds. The highest BCUT2D eigenvalue weighted by atomic mass is 16.1. The molecule has 2 nitrogen and oxygen atoms in total. The molecule has 0 N–H and O–H groups in total. The van der Waals surface area contributed by atoms with E-state index in [1.54, 1.807) is 6.92 Å². The first kappa shape index (κ1) is 16.9. The number of allylic oxidation sites excluding steroid dienone is 3. The summed E-state index contributed by atoms with van der Waals surface area (Å²) in [6.07, 6.45) is 0.371. The molecule has 124 valence electrons. The number of nitrogens with zero attached hydrogens (tertiary/aromatic N) is 1. The van der Waals surface area contributed by atoms with Gasteiger partial charge in [0.2, 0.25) is 0 Å². The summed E-state index contributed by atoms with van der Waals surface area (Å²) in [4.78, 5) is 12.6. The molecule has 2 aromatic rings. The molecule has 1 unspecified atom stereocenters. The number of nitriles is 1. The summed E-state index contributed by atoms with van der Waals surface area (Å²) in [5.41, 5.74) is 3.39. The molecule has 1 aliphatic rings. The first-order valence-electron chi connectivity index (χ1n) is 8.44. The Morgan fingerprint density at radius 3 is 1.96 bits per heavy atom. The zero-order valence-electron chi connectivity index (χ0n) is 14.6. The normalized spacial score (nSPS) is 19.4. The molecule has 25 heavy (non-hydrogen) atoms. The highest BCUT2D eigenvalue weighted by Crippen LogP contribution is 2.52. The van der Waals surface area contributed by atoms with E-state index in [0.29, 0.717) is 17.6 Å². The minimum absolute atomic E-state index is 0.0343. The van der Waals surface area contributed by atoms with Gasteiger partial charge < -0.3 is 0 Å². The highest BCUT2D eigenvalue weighted by molar-refractivity contribution is 5.99. The second kappa shape index (κ2) is 6.53. The Morgan fingerprint density at radius 1 is 1.08 bits per heavy atom. The Balaban J connectivity index is 2.48. The molecule has 0 spiro atoms. The molecule has 3 rings (SSSR count). The molecule has 0 heterocycles. The molecule has 0 saturated heterocycles. The molecular formula is C23H21NO. The zero-order chi connectivity index (χ0) is 18.0. The number of carbonyl (C=O) groups is 1. The van der Waals surface area contributed by atoms with Crippen LogP contribution in [0.25, 0.3) is 0 Å². The van der Waals surface area contributed by atoms with Crippen molar-refractivity contribution in [3.8, 4) is 6.07 Å². The molecule has 0 radical (unpaired) electrons. The number of carbonyl (C=O) groups excluding carboxylic acids is 1. The smallest absolute Gasteiger partial charge is 0.160 e. The fourth-order valence-electron chi connectivity index (χ4n) is 4.08. The average Bonchev–Trinajstić information content (AvgIpc) is 2.64. The van der Waals surface area contributed by atoms with E-state index in [9.17, 15) is 10.1 Å². The van der Waals surface area contributed by atoms with Crippen molar-refractivity contribution in [1.29, 1.82) is 5.26 Å². The summed E-state index contributed by atoms with van der Waals surface area (Å²) in [6, 6.07) is 22.4. The summed E-state index contributed by atoms with van der Waals surface area (Å²) < 4.78 is 0. The van der Waals surface area contributed by atoms with Gasteiger partial charge in [-0.15, -0.1) is 0 Å². The highest BCUT2D eigenvalue weighted by Gasteiger charge is 2.50. The van der Waals surface area contributed by atoms with E-state index in [1.807, 2.05) is 67.6 Å². The maximum atomic E-state index is 12.6. The number of hydrogen-bond donors (Lipinski definition) is 0. The largest absolute Gasteiger partial charge is 0.295 e. The molecule has 2 heteroatoms. The first-order valence-corrected chi connectivity index (χ1v) is 8.44. The maximum Gasteiger partial charge on any atom is 0.160 e. The fraction of sp³-hybridized carbons (Fsp3) is 0.217. The van der Waals surface area contributed by atoms with Crippen LogP contribution >= 0.6 is 0 Å². The number of hydrogen-bond acceptors (Lipinski definition) is 2. The van der Waals surface area contributed by atoms with Gasteiger partial charge in [0.15, 0.2) is 5.78 Å². The molecule has 1 aliphatic carbocycles. The monoisotopic (exact) mass is 327 g/mol. The summed E-state index contributed by atoms with van der Waals surface area (Å²) in [6.45, 7) is 7.90. The zero-order valence-corrected chi connectivity index (χ0v) is 14.6. The van der Waals surface area contributed by atoms with Crippen LogP contribution in [0.1, 0.15) is 31.4 Å². The minimum Gasteiger partial charge on any atom is -0.295 e. The summed E-state index contributed by atoms with van der Waals surface area (Å²) in [7, 11) is 0. The van der Waals surface area contributed by atoms with Crippen LogP contribution in [-0.4, -0.2) is 5.78 Å².